The molecule has 34 heavy (non-hydrogen) atoms. The number of aryl methyl sites for hydroxylation is 1. The number of halogens is 3. The zero-order valence-electron chi connectivity index (χ0n) is 17.8. The van der Waals surface area contributed by atoms with Crippen molar-refractivity contribution in [2.45, 2.75) is 13.1 Å². The molecule has 5 rings (SSSR count). The second-order valence-corrected chi connectivity index (χ2v) is 8.58. The molecule has 5 aromatic rings. The molecule has 9 heteroatoms. The van der Waals surface area contributed by atoms with E-state index >= 15 is 0 Å². The molecule has 0 atom stereocenters. The van der Waals surface area contributed by atoms with Crippen molar-refractivity contribution >= 4 is 33.8 Å². The zero-order valence-corrected chi connectivity index (χ0v) is 18.6. The lowest BCUT2D eigenvalue weighted by Crippen LogP contribution is -2.13. The number of benzene rings is 2. The van der Waals surface area contributed by atoms with Gasteiger partial charge in [-0.25, -0.2) is 4.68 Å². The Morgan fingerprint density at radius 1 is 1.00 bits per heavy atom. The molecular weight excluding hydrogens is 461 g/mol. The third-order valence-electron chi connectivity index (χ3n) is 5.24. The number of para-hydroxylation sites is 1. The molecule has 0 saturated carbocycles. The predicted molar refractivity (Wildman–Crippen MR) is 126 cm³/mol. The van der Waals surface area contributed by atoms with Crippen LogP contribution in [0.1, 0.15) is 21.7 Å². The Labute approximate surface area is 196 Å². The van der Waals surface area contributed by atoms with Crippen LogP contribution >= 0.6 is 11.3 Å². The van der Waals surface area contributed by atoms with E-state index in [4.69, 9.17) is 0 Å². The molecule has 0 spiro atoms. The number of hydrogen-bond donors (Lipinski definition) is 1. The first kappa shape index (κ1) is 21.8. The van der Waals surface area contributed by atoms with Crippen molar-refractivity contribution < 1.29 is 18.0 Å². The summed E-state index contributed by atoms with van der Waals surface area (Å²) in [6, 6.07) is 20.1. The molecule has 0 saturated heterocycles. The van der Waals surface area contributed by atoms with Gasteiger partial charge in [0.1, 0.15) is 0 Å². The van der Waals surface area contributed by atoms with E-state index in [1.165, 1.54) is 16.0 Å². The zero-order chi connectivity index (χ0) is 23.9. The van der Waals surface area contributed by atoms with E-state index in [-0.39, 0.29) is 5.91 Å². The van der Waals surface area contributed by atoms with Gasteiger partial charge in [0, 0.05) is 16.6 Å². The average Bonchev–Trinajstić information content (AvgIpc) is 3.49. The van der Waals surface area contributed by atoms with Gasteiger partial charge in [0.05, 0.1) is 27.5 Å². The maximum Gasteiger partial charge on any atom is 0.435 e. The van der Waals surface area contributed by atoms with E-state index in [1.54, 1.807) is 47.8 Å². The molecule has 0 unspecified atom stereocenters. The lowest BCUT2D eigenvalue weighted by molar-refractivity contribution is -0.141. The Kier molecular flexibility index (Phi) is 5.41. The van der Waals surface area contributed by atoms with Crippen molar-refractivity contribution in [3.8, 4) is 16.3 Å². The van der Waals surface area contributed by atoms with Gasteiger partial charge in [0.25, 0.3) is 5.91 Å². The Bertz CT molecular complexity index is 1490. The number of hydrogen-bond acceptors (Lipinski definition) is 4. The Balaban J connectivity index is 1.46. The molecule has 0 fully saturated rings. The van der Waals surface area contributed by atoms with Crippen LogP contribution in [0.5, 0.6) is 0 Å². The number of anilines is 1. The third-order valence-corrected chi connectivity index (χ3v) is 6.13. The van der Waals surface area contributed by atoms with Crippen LogP contribution in [-0.4, -0.2) is 20.7 Å². The molecule has 3 heterocycles. The molecular formula is C25H17F3N4OS. The van der Waals surface area contributed by atoms with Crippen molar-refractivity contribution in [3.63, 3.8) is 0 Å². The maximum atomic E-state index is 13.3. The fourth-order valence-electron chi connectivity index (χ4n) is 3.68. The molecule has 0 radical (unpaired) electrons. The van der Waals surface area contributed by atoms with Gasteiger partial charge >= 0.3 is 6.18 Å². The lowest BCUT2D eigenvalue weighted by atomic mass is 10.1. The van der Waals surface area contributed by atoms with Gasteiger partial charge in [-0.1, -0.05) is 24.3 Å². The summed E-state index contributed by atoms with van der Waals surface area (Å²) in [5, 5.41) is 9.30. The highest BCUT2D eigenvalue weighted by Crippen LogP contribution is 2.34. The number of pyridine rings is 1. The maximum absolute atomic E-state index is 13.3. The molecule has 3 aromatic heterocycles. The van der Waals surface area contributed by atoms with Gasteiger partial charge in [-0.3, -0.25) is 9.78 Å². The van der Waals surface area contributed by atoms with Gasteiger partial charge in [-0.2, -0.15) is 18.3 Å². The summed E-state index contributed by atoms with van der Waals surface area (Å²) in [7, 11) is 0. The normalized spacial score (nSPS) is 11.6. The van der Waals surface area contributed by atoms with Crippen molar-refractivity contribution in [2.75, 3.05) is 5.32 Å². The van der Waals surface area contributed by atoms with Gasteiger partial charge in [-0.15, -0.1) is 11.3 Å². The number of amides is 1. The molecule has 1 amide bonds. The summed E-state index contributed by atoms with van der Waals surface area (Å²) >= 11 is 1.32. The molecule has 0 aliphatic carbocycles. The number of carbonyl (C=O) groups is 1. The number of aromatic nitrogens is 3. The molecule has 2 aromatic carbocycles. The van der Waals surface area contributed by atoms with E-state index in [0.717, 1.165) is 22.7 Å². The molecule has 0 aliphatic rings. The highest BCUT2D eigenvalue weighted by atomic mass is 32.1. The van der Waals surface area contributed by atoms with Crippen LogP contribution in [0.3, 0.4) is 0 Å². The Morgan fingerprint density at radius 3 is 2.47 bits per heavy atom. The minimum absolute atomic E-state index is 0.332. The first-order valence-corrected chi connectivity index (χ1v) is 11.2. The summed E-state index contributed by atoms with van der Waals surface area (Å²) in [4.78, 5) is 18.0. The number of thiophene rings is 1. The predicted octanol–water partition coefficient (Wildman–Crippen LogP) is 6.73. The highest BCUT2D eigenvalue weighted by molar-refractivity contribution is 7.13. The fraction of sp³-hybridized carbons (Fsp3) is 0.0800. The van der Waals surface area contributed by atoms with E-state index in [9.17, 15) is 18.0 Å². The van der Waals surface area contributed by atoms with Crippen molar-refractivity contribution in [2.24, 2.45) is 0 Å². The van der Waals surface area contributed by atoms with E-state index in [1.807, 2.05) is 31.2 Å². The van der Waals surface area contributed by atoms with Crippen LogP contribution in [0.2, 0.25) is 0 Å². The standard InChI is InChI=1S/C25H17F3N4OS/c1-15-13-20(18-5-2-3-6-19(18)29-15)30-24(33)16-8-10-17(11-9-16)32-21(22-7-4-12-34-22)14-23(31-32)25(26,27)28/h2-14H,1H3,(H,29,30,33). The van der Waals surface area contributed by atoms with E-state index < -0.39 is 11.9 Å². The lowest BCUT2D eigenvalue weighted by Gasteiger charge is -2.11. The number of fused-ring (bicyclic) bond motifs is 1. The summed E-state index contributed by atoms with van der Waals surface area (Å²) in [6.07, 6.45) is -4.57. The highest BCUT2D eigenvalue weighted by Gasteiger charge is 2.35. The monoisotopic (exact) mass is 478 g/mol. The summed E-state index contributed by atoms with van der Waals surface area (Å²) in [5.41, 5.74) is 2.32. The van der Waals surface area contributed by atoms with Crippen LogP contribution in [-0.2, 0) is 6.18 Å². The first-order valence-electron chi connectivity index (χ1n) is 10.3. The average molecular weight is 478 g/mol. The van der Waals surface area contributed by atoms with Crippen LogP contribution < -0.4 is 5.32 Å². The van der Waals surface area contributed by atoms with Crippen molar-refractivity contribution in [3.05, 3.63) is 95.1 Å². The quantitative estimate of drug-likeness (QED) is 0.312. The molecule has 170 valence electrons. The third kappa shape index (κ3) is 4.17. The van der Waals surface area contributed by atoms with Gasteiger partial charge in [0.2, 0.25) is 0 Å². The first-order chi connectivity index (χ1) is 16.3. The Morgan fingerprint density at radius 2 is 1.76 bits per heavy atom. The molecule has 5 nitrogen and oxygen atoms in total. The minimum Gasteiger partial charge on any atom is -0.321 e. The second-order valence-electron chi connectivity index (χ2n) is 7.63. The van der Waals surface area contributed by atoms with Gasteiger partial charge in [0.15, 0.2) is 5.69 Å². The SMILES string of the molecule is Cc1cc(NC(=O)c2ccc(-n3nc(C(F)(F)F)cc3-c3cccs3)cc2)c2ccccc2n1. The summed E-state index contributed by atoms with van der Waals surface area (Å²) in [6.45, 7) is 1.85. The minimum atomic E-state index is -4.57. The number of rotatable bonds is 4. The molecule has 0 aliphatic heterocycles. The largest absolute Gasteiger partial charge is 0.435 e. The van der Waals surface area contributed by atoms with E-state index in [2.05, 4.69) is 15.4 Å². The van der Waals surface area contributed by atoms with Crippen molar-refractivity contribution in [1.82, 2.24) is 14.8 Å². The van der Waals surface area contributed by atoms with Crippen LogP contribution in [0, 0.1) is 6.92 Å². The summed E-state index contributed by atoms with van der Waals surface area (Å²) in [5.74, 6) is -0.336. The number of nitrogens with zero attached hydrogens (tertiary/aromatic N) is 3. The second kappa shape index (κ2) is 8.42. The fourth-order valence-corrected chi connectivity index (χ4v) is 4.40. The number of carbonyl (C=O) groups excluding carboxylic acids is 1. The number of nitrogens with one attached hydrogen (secondary N) is 1. The number of alkyl halides is 3. The van der Waals surface area contributed by atoms with Crippen LogP contribution in [0.4, 0.5) is 18.9 Å². The smallest absolute Gasteiger partial charge is 0.321 e. The van der Waals surface area contributed by atoms with Gasteiger partial charge < -0.3 is 5.32 Å². The Hall–Kier alpha value is -3.98. The topological polar surface area (TPSA) is 59.8 Å². The van der Waals surface area contributed by atoms with Gasteiger partial charge in [-0.05, 0) is 60.8 Å². The summed E-state index contributed by atoms with van der Waals surface area (Å²) < 4.78 is 41.2. The van der Waals surface area contributed by atoms with Crippen molar-refractivity contribution in [1.29, 1.82) is 0 Å². The van der Waals surface area contributed by atoms with E-state index in [0.29, 0.717) is 27.5 Å². The molecule has 1 N–H and O–H groups in total. The van der Waals surface area contributed by atoms with Crippen LogP contribution in [0.25, 0.3) is 27.2 Å². The molecule has 0 bridgehead atoms. The van der Waals surface area contributed by atoms with Crippen LogP contribution in [0.15, 0.2) is 78.2 Å².